The molecule has 0 amide bonds. The van der Waals surface area contributed by atoms with Gasteiger partial charge in [0.1, 0.15) is 0 Å². The highest BCUT2D eigenvalue weighted by atomic mass is 35.5. The van der Waals surface area contributed by atoms with Crippen LogP contribution in [0.25, 0.3) is 0 Å². The number of halogens is 2. The summed E-state index contributed by atoms with van der Waals surface area (Å²) in [6.45, 7) is 3.16. The van der Waals surface area contributed by atoms with Crippen LogP contribution in [0, 0.1) is 0 Å². The molecule has 0 aliphatic carbocycles. The van der Waals surface area contributed by atoms with Crippen molar-refractivity contribution >= 4 is 46.3 Å². The van der Waals surface area contributed by atoms with E-state index in [4.69, 9.17) is 23.2 Å². The highest BCUT2D eigenvalue weighted by Gasteiger charge is 2.12. The van der Waals surface area contributed by atoms with Crippen molar-refractivity contribution in [2.45, 2.75) is 25.8 Å². The third-order valence-electron chi connectivity index (χ3n) is 2.38. The molecule has 1 rings (SSSR count). The van der Waals surface area contributed by atoms with Gasteiger partial charge in [-0.25, -0.2) is 0 Å². The molecule has 1 unspecified atom stereocenters. The molecule has 5 heteroatoms. The van der Waals surface area contributed by atoms with Gasteiger partial charge in [0, 0.05) is 6.04 Å². The van der Waals surface area contributed by atoms with Crippen molar-refractivity contribution in [3.8, 4) is 0 Å². The molecule has 0 aliphatic heterocycles. The Morgan fingerprint density at radius 2 is 2.19 bits per heavy atom. The molecule has 0 spiro atoms. The Morgan fingerprint density at radius 3 is 2.75 bits per heavy atom. The normalized spacial score (nSPS) is 13.0. The SMILES string of the molecule is CSCCCCNC(C)c1cc(Cl)sc1Cl. The summed E-state index contributed by atoms with van der Waals surface area (Å²) in [5.41, 5.74) is 1.11. The topological polar surface area (TPSA) is 12.0 Å². The van der Waals surface area contributed by atoms with Crippen LogP contribution >= 0.6 is 46.3 Å². The van der Waals surface area contributed by atoms with E-state index in [1.165, 1.54) is 29.9 Å². The summed E-state index contributed by atoms with van der Waals surface area (Å²) < 4.78 is 1.56. The van der Waals surface area contributed by atoms with E-state index in [0.29, 0.717) is 0 Å². The van der Waals surface area contributed by atoms with Crippen LogP contribution in [0.2, 0.25) is 8.67 Å². The summed E-state index contributed by atoms with van der Waals surface area (Å²) in [7, 11) is 0. The maximum atomic E-state index is 6.09. The van der Waals surface area contributed by atoms with E-state index >= 15 is 0 Å². The Kier molecular flexibility index (Phi) is 7.17. The maximum Gasteiger partial charge on any atom is 0.0991 e. The van der Waals surface area contributed by atoms with Crippen LogP contribution in [0.1, 0.15) is 31.4 Å². The molecule has 0 radical (unpaired) electrons. The lowest BCUT2D eigenvalue weighted by Crippen LogP contribution is -2.19. The summed E-state index contributed by atoms with van der Waals surface area (Å²) in [6.07, 6.45) is 4.61. The van der Waals surface area contributed by atoms with E-state index < -0.39 is 0 Å². The summed E-state index contributed by atoms with van der Waals surface area (Å²) in [6, 6.07) is 2.24. The van der Waals surface area contributed by atoms with Crippen molar-refractivity contribution in [2.24, 2.45) is 0 Å². The highest BCUT2D eigenvalue weighted by molar-refractivity contribution is 7.98. The van der Waals surface area contributed by atoms with E-state index in [1.807, 2.05) is 17.8 Å². The number of hydrogen-bond donors (Lipinski definition) is 1. The number of hydrogen-bond acceptors (Lipinski definition) is 3. The van der Waals surface area contributed by atoms with Crippen molar-refractivity contribution in [3.63, 3.8) is 0 Å². The molecule has 1 atom stereocenters. The lowest BCUT2D eigenvalue weighted by molar-refractivity contribution is 0.557. The van der Waals surface area contributed by atoms with Crippen LogP contribution in [0.4, 0.5) is 0 Å². The van der Waals surface area contributed by atoms with Crippen LogP contribution in [-0.4, -0.2) is 18.6 Å². The van der Waals surface area contributed by atoms with Gasteiger partial charge in [-0.3, -0.25) is 0 Å². The van der Waals surface area contributed by atoms with E-state index in [2.05, 4.69) is 18.5 Å². The summed E-state index contributed by atoms with van der Waals surface area (Å²) in [5.74, 6) is 1.24. The minimum atomic E-state index is 0.283. The van der Waals surface area contributed by atoms with Crippen molar-refractivity contribution < 1.29 is 0 Å². The van der Waals surface area contributed by atoms with Crippen molar-refractivity contribution in [3.05, 3.63) is 20.3 Å². The minimum Gasteiger partial charge on any atom is -0.310 e. The van der Waals surface area contributed by atoms with Crippen LogP contribution in [0.5, 0.6) is 0 Å². The standard InChI is InChI=1S/C11H17Cl2NS2/c1-8(14-5-3-4-6-15-2)9-7-10(12)16-11(9)13/h7-8,14H,3-6H2,1-2H3. The Bertz CT molecular complexity index is 315. The van der Waals surface area contributed by atoms with Gasteiger partial charge in [-0.05, 0) is 49.9 Å². The molecule has 1 N–H and O–H groups in total. The van der Waals surface area contributed by atoms with Gasteiger partial charge in [-0.1, -0.05) is 23.2 Å². The zero-order valence-electron chi connectivity index (χ0n) is 9.56. The molecule has 16 heavy (non-hydrogen) atoms. The lowest BCUT2D eigenvalue weighted by atomic mass is 10.2. The van der Waals surface area contributed by atoms with Gasteiger partial charge in [0.2, 0.25) is 0 Å². The van der Waals surface area contributed by atoms with Gasteiger partial charge in [0.05, 0.1) is 8.67 Å². The second kappa shape index (κ2) is 7.83. The largest absolute Gasteiger partial charge is 0.310 e. The molecule has 0 aromatic carbocycles. The number of thioether (sulfide) groups is 1. The Balaban J connectivity index is 2.29. The van der Waals surface area contributed by atoms with Gasteiger partial charge in [0.25, 0.3) is 0 Å². The average molecular weight is 298 g/mol. The molecule has 0 bridgehead atoms. The number of rotatable bonds is 7. The second-order valence-electron chi connectivity index (χ2n) is 3.66. The first-order valence-electron chi connectivity index (χ1n) is 5.32. The maximum absolute atomic E-state index is 6.09. The fourth-order valence-corrected chi connectivity index (χ4v) is 3.59. The van der Waals surface area contributed by atoms with Gasteiger partial charge >= 0.3 is 0 Å². The highest BCUT2D eigenvalue weighted by Crippen LogP contribution is 2.34. The molecule has 0 saturated carbocycles. The lowest BCUT2D eigenvalue weighted by Gasteiger charge is -2.12. The number of unbranched alkanes of at least 4 members (excludes halogenated alkanes) is 1. The molecule has 1 nitrogen and oxygen atoms in total. The van der Waals surface area contributed by atoms with Gasteiger partial charge in [-0.2, -0.15) is 11.8 Å². The molecule has 0 saturated heterocycles. The fraction of sp³-hybridized carbons (Fsp3) is 0.636. The Hall–Kier alpha value is 0.590. The molecular formula is C11H17Cl2NS2. The Labute approximate surface area is 116 Å². The minimum absolute atomic E-state index is 0.283. The molecule has 0 aliphatic rings. The van der Waals surface area contributed by atoms with Crippen molar-refractivity contribution in [1.29, 1.82) is 0 Å². The summed E-state index contributed by atoms with van der Waals surface area (Å²) in [5, 5.41) is 3.47. The van der Waals surface area contributed by atoms with Crippen LogP contribution in [0.3, 0.4) is 0 Å². The first kappa shape index (κ1) is 14.7. The number of thiophene rings is 1. The van der Waals surface area contributed by atoms with Gasteiger partial charge in [-0.15, -0.1) is 11.3 Å². The van der Waals surface area contributed by atoms with Crippen LogP contribution in [-0.2, 0) is 0 Å². The van der Waals surface area contributed by atoms with E-state index in [0.717, 1.165) is 20.8 Å². The zero-order chi connectivity index (χ0) is 12.0. The molecule has 92 valence electrons. The molecule has 1 aromatic rings. The first-order chi connectivity index (χ1) is 7.65. The van der Waals surface area contributed by atoms with Gasteiger partial charge in [0.15, 0.2) is 0 Å². The zero-order valence-corrected chi connectivity index (χ0v) is 12.7. The van der Waals surface area contributed by atoms with E-state index in [-0.39, 0.29) is 6.04 Å². The Morgan fingerprint density at radius 1 is 1.44 bits per heavy atom. The summed E-state index contributed by atoms with van der Waals surface area (Å²) in [4.78, 5) is 0. The fourth-order valence-electron chi connectivity index (χ4n) is 1.45. The van der Waals surface area contributed by atoms with Gasteiger partial charge < -0.3 is 5.32 Å². The predicted molar refractivity (Wildman–Crippen MR) is 78.4 cm³/mol. The average Bonchev–Trinajstić information content (AvgIpc) is 2.57. The van der Waals surface area contributed by atoms with Crippen molar-refractivity contribution in [1.82, 2.24) is 5.32 Å². The monoisotopic (exact) mass is 297 g/mol. The van der Waals surface area contributed by atoms with E-state index in [9.17, 15) is 0 Å². The van der Waals surface area contributed by atoms with Crippen LogP contribution in [0.15, 0.2) is 6.07 Å². The summed E-state index contributed by atoms with van der Waals surface area (Å²) >= 11 is 15.3. The van der Waals surface area contributed by atoms with Crippen LogP contribution < -0.4 is 5.32 Å². The molecule has 1 heterocycles. The molecule has 1 aromatic heterocycles. The predicted octanol–water partition coefficient (Wildman–Crippen LogP) is 4.85. The van der Waals surface area contributed by atoms with E-state index in [1.54, 1.807) is 0 Å². The molecular weight excluding hydrogens is 281 g/mol. The second-order valence-corrected chi connectivity index (χ2v) is 6.93. The quantitative estimate of drug-likeness (QED) is 0.722. The third-order valence-corrected chi connectivity index (χ3v) is 4.59. The molecule has 0 fully saturated rings. The first-order valence-corrected chi connectivity index (χ1v) is 8.29. The van der Waals surface area contributed by atoms with Crippen molar-refractivity contribution in [2.75, 3.05) is 18.6 Å². The smallest absolute Gasteiger partial charge is 0.0991 e. The number of nitrogens with one attached hydrogen (secondary N) is 1. The third kappa shape index (κ3) is 4.84.